The molecule has 3 aromatic rings. The van der Waals surface area contributed by atoms with Crippen molar-refractivity contribution in [2.24, 2.45) is 5.92 Å². The topological polar surface area (TPSA) is 96.7 Å². The summed E-state index contributed by atoms with van der Waals surface area (Å²) in [5, 5.41) is 13.6. The summed E-state index contributed by atoms with van der Waals surface area (Å²) in [7, 11) is 0. The maximum Gasteiger partial charge on any atom is 0.295 e. The molecule has 0 saturated carbocycles. The predicted octanol–water partition coefficient (Wildman–Crippen LogP) is 2.66. The first kappa shape index (κ1) is 23.2. The zero-order valence-corrected chi connectivity index (χ0v) is 19.4. The van der Waals surface area contributed by atoms with Crippen molar-refractivity contribution < 1.29 is 24.4 Å². The Bertz CT molecular complexity index is 1220. The highest BCUT2D eigenvalue weighted by Gasteiger charge is 2.44. The van der Waals surface area contributed by atoms with Crippen LogP contribution < -0.4 is 14.8 Å². The normalized spacial score (nSPS) is 17.4. The summed E-state index contributed by atoms with van der Waals surface area (Å²) in [4.78, 5) is 34.7. The Morgan fingerprint density at radius 3 is 2.59 bits per heavy atom. The Balaban J connectivity index is 1.77. The van der Waals surface area contributed by atoms with E-state index in [2.05, 4.69) is 23.8 Å². The van der Waals surface area contributed by atoms with Gasteiger partial charge in [0, 0.05) is 29.6 Å². The van der Waals surface area contributed by atoms with Gasteiger partial charge in [-0.15, -0.1) is 0 Å². The molecule has 0 radical (unpaired) electrons. The summed E-state index contributed by atoms with van der Waals surface area (Å²) in [6, 6.07) is 11.4. The van der Waals surface area contributed by atoms with Gasteiger partial charge in [-0.25, -0.2) is 4.98 Å². The van der Waals surface area contributed by atoms with Gasteiger partial charge in [0.2, 0.25) is 5.78 Å². The summed E-state index contributed by atoms with van der Waals surface area (Å²) >= 11 is 0. The SMILES string of the molecule is Cc1cc(C([O-])=C2C(=O)C(=O)N(Cc3ccc[nH+]c3)C2c2ccncc2)ccc1OCC(C)C. The molecule has 34 heavy (non-hydrogen) atoms. The zero-order valence-electron chi connectivity index (χ0n) is 19.4. The van der Waals surface area contributed by atoms with Crippen LogP contribution in [-0.4, -0.2) is 28.2 Å². The number of nitrogens with zero attached hydrogens (tertiary/aromatic N) is 2. The number of ether oxygens (including phenoxy) is 1. The molecule has 1 N–H and O–H groups in total. The van der Waals surface area contributed by atoms with Gasteiger partial charge in [0.15, 0.2) is 12.4 Å². The summed E-state index contributed by atoms with van der Waals surface area (Å²) in [5.41, 5.74) is 2.57. The molecule has 0 aliphatic carbocycles. The first-order valence-electron chi connectivity index (χ1n) is 11.2. The fourth-order valence-corrected chi connectivity index (χ4v) is 4.02. The lowest BCUT2D eigenvalue weighted by Gasteiger charge is -2.27. The highest BCUT2D eigenvalue weighted by Crippen LogP contribution is 2.39. The number of ketones is 1. The number of Topliss-reactive ketones (excluding diaryl/α,β-unsaturated/α-hetero) is 1. The molecule has 2 aromatic heterocycles. The van der Waals surface area contributed by atoms with E-state index in [1.54, 1.807) is 55.1 Å². The van der Waals surface area contributed by atoms with Gasteiger partial charge in [-0.3, -0.25) is 14.6 Å². The molecule has 1 unspecified atom stereocenters. The van der Waals surface area contributed by atoms with Gasteiger partial charge in [-0.2, -0.15) is 0 Å². The molecule has 174 valence electrons. The number of carbonyl (C=O) groups excluding carboxylic acids is 2. The number of H-pyrrole nitrogens is 1. The van der Waals surface area contributed by atoms with E-state index in [0.717, 1.165) is 11.1 Å². The van der Waals surface area contributed by atoms with Crippen molar-refractivity contribution in [1.29, 1.82) is 0 Å². The Kier molecular flexibility index (Phi) is 6.72. The Morgan fingerprint density at radius 1 is 1.18 bits per heavy atom. The number of hydrogen-bond acceptors (Lipinski definition) is 5. The van der Waals surface area contributed by atoms with E-state index in [1.165, 1.54) is 4.90 Å². The number of benzene rings is 1. The van der Waals surface area contributed by atoms with Crippen LogP contribution in [0.1, 0.15) is 42.1 Å². The molecule has 1 aliphatic rings. The van der Waals surface area contributed by atoms with Gasteiger partial charge in [-0.1, -0.05) is 25.7 Å². The van der Waals surface area contributed by atoms with Crippen molar-refractivity contribution in [3.63, 3.8) is 0 Å². The van der Waals surface area contributed by atoms with Gasteiger partial charge >= 0.3 is 0 Å². The Labute approximate surface area is 198 Å². The number of pyridine rings is 2. The molecule has 4 rings (SSSR count). The second-order valence-electron chi connectivity index (χ2n) is 8.78. The van der Waals surface area contributed by atoms with Crippen molar-refractivity contribution in [1.82, 2.24) is 9.88 Å². The van der Waals surface area contributed by atoms with E-state index in [0.29, 0.717) is 29.4 Å². The zero-order chi connectivity index (χ0) is 24.2. The van der Waals surface area contributed by atoms with Crippen LogP contribution in [0.4, 0.5) is 0 Å². The second kappa shape index (κ2) is 9.87. The fourth-order valence-electron chi connectivity index (χ4n) is 4.02. The highest BCUT2D eigenvalue weighted by molar-refractivity contribution is 6.46. The summed E-state index contributed by atoms with van der Waals surface area (Å²) in [5.74, 6) is -0.864. The summed E-state index contributed by atoms with van der Waals surface area (Å²) in [6.45, 7) is 6.73. The first-order valence-corrected chi connectivity index (χ1v) is 11.2. The molecule has 0 spiro atoms. The summed E-state index contributed by atoms with van der Waals surface area (Å²) < 4.78 is 5.81. The number of hydrogen-bond donors (Lipinski definition) is 0. The van der Waals surface area contributed by atoms with E-state index < -0.39 is 23.5 Å². The van der Waals surface area contributed by atoms with Gasteiger partial charge in [-0.05, 0) is 59.9 Å². The van der Waals surface area contributed by atoms with Crippen molar-refractivity contribution in [3.05, 3.63) is 95.1 Å². The highest BCUT2D eigenvalue weighted by atomic mass is 16.5. The Morgan fingerprint density at radius 2 is 1.94 bits per heavy atom. The first-order chi connectivity index (χ1) is 16.4. The monoisotopic (exact) mass is 457 g/mol. The number of likely N-dealkylation sites (tertiary alicyclic amines) is 1. The van der Waals surface area contributed by atoms with Crippen molar-refractivity contribution in [3.8, 4) is 5.75 Å². The Hall–Kier alpha value is -4.00. The van der Waals surface area contributed by atoms with E-state index in [-0.39, 0.29) is 12.1 Å². The maximum atomic E-state index is 13.6. The lowest BCUT2D eigenvalue weighted by molar-refractivity contribution is -0.378. The molecular formula is C27H27N3O4. The van der Waals surface area contributed by atoms with Gasteiger partial charge in [0.1, 0.15) is 5.75 Å². The second-order valence-corrected chi connectivity index (χ2v) is 8.78. The molecule has 1 fully saturated rings. The van der Waals surface area contributed by atoms with Crippen molar-refractivity contribution in [2.45, 2.75) is 33.4 Å². The van der Waals surface area contributed by atoms with Gasteiger partial charge in [0.25, 0.3) is 5.91 Å². The van der Waals surface area contributed by atoms with Crippen LogP contribution in [0.25, 0.3) is 5.76 Å². The largest absolute Gasteiger partial charge is 0.872 e. The number of amides is 1. The molecule has 1 aromatic carbocycles. The smallest absolute Gasteiger partial charge is 0.295 e. The predicted molar refractivity (Wildman–Crippen MR) is 124 cm³/mol. The molecule has 1 atom stereocenters. The third-order valence-corrected chi connectivity index (χ3v) is 5.68. The molecule has 1 aliphatic heterocycles. The average Bonchev–Trinajstić information content (AvgIpc) is 3.09. The van der Waals surface area contributed by atoms with Crippen LogP contribution in [0.2, 0.25) is 0 Å². The molecule has 0 bridgehead atoms. The van der Waals surface area contributed by atoms with E-state index in [1.807, 2.05) is 19.1 Å². The number of nitrogens with one attached hydrogen (secondary N) is 1. The number of carbonyl (C=O) groups is 2. The van der Waals surface area contributed by atoms with E-state index in [4.69, 9.17) is 4.74 Å². The minimum absolute atomic E-state index is 0.0497. The van der Waals surface area contributed by atoms with Crippen LogP contribution in [0.3, 0.4) is 0 Å². The number of aryl methyl sites for hydroxylation is 1. The van der Waals surface area contributed by atoms with Crippen LogP contribution in [-0.2, 0) is 16.1 Å². The lowest BCUT2D eigenvalue weighted by Crippen LogP contribution is -2.29. The molecular weight excluding hydrogens is 430 g/mol. The van der Waals surface area contributed by atoms with Gasteiger partial charge < -0.3 is 14.7 Å². The molecule has 1 saturated heterocycles. The fraction of sp³-hybridized carbons (Fsp3) is 0.259. The van der Waals surface area contributed by atoms with Crippen LogP contribution in [0.5, 0.6) is 5.75 Å². The molecule has 7 heteroatoms. The van der Waals surface area contributed by atoms with Crippen LogP contribution >= 0.6 is 0 Å². The minimum Gasteiger partial charge on any atom is -0.872 e. The lowest BCUT2D eigenvalue weighted by atomic mass is 9.95. The third kappa shape index (κ3) is 4.69. The van der Waals surface area contributed by atoms with Crippen LogP contribution in [0.15, 0.2) is 72.8 Å². The van der Waals surface area contributed by atoms with Crippen LogP contribution in [0, 0.1) is 12.8 Å². The third-order valence-electron chi connectivity index (χ3n) is 5.68. The van der Waals surface area contributed by atoms with E-state index in [9.17, 15) is 14.7 Å². The summed E-state index contributed by atoms with van der Waals surface area (Å²) in [6.07, 6.45) is 6.70. The number of aromatic amines is 1. The minimum atomic E-state index is -0.798. The maximum absolute atomic E-state index is 13.6. The molecule has 3 heterocycles. The van der Waals surface area contributed by atoms with Crippen molar-refractivity contribution in [2.75, 3.05) is 6.61 Å². The van der Waals surface area contributed by atoms with Gasteiger partial charge in [0.05, 0.1) is 19.2 Å². The van der Waals surface area contributed by atoms with Crippen molar-refractivity contribution >= 4 is 17.4 Å². The molecule has 1 amide bonds. The average molecular weight is 458 g/mol. The van der Waals surface area contributed by atoms with E-state index >= 15 is 0 Å². The number of aromatic nitrogens is 2. The standard InChI is InChI=1S/C27H27N3O4/c1-17(2)16-34-22-7-6-21(13-18(22)3)25(31)23-24(20-8-11-28-12-9-20)30(27(33)26(23)32)15-19-5-4-10-29-14-19/h4-14,17,24,31H,15-16H2,1-3H3. The number of rotatable bonds is 7. The quantitative estimate of drug-likeness (QED) is 0.309. The molecule has 7 nitrogen and oxygen atoms in total.